The summed E-state index contributed by atoms with van der Waals surface area (Å²) in [6.45, 7) is 1.41. The SMILES string of the molecule is Cc1ccc(C(=O)NCC(N)=O)cc1C#CCO. The van der Waals surface area contributed by atoms with Crippen molar-refractivity contribution in [2.75, 3.05) is 13.2 Å². The summed E-state index contributed by atoms with van der Waals surface area (Å²) in [5.41, 5.74) is 6.90. The van der Waals surface area contributed by atoms with E-state index in [1.165, 1.54) is 0 Å². The van der Waals surface area contributed by atoms with Gasteiger partial charge in [0.1, 0.15) is 6.61 Å². The Morgan fingerprint density at radius 3 is 2.78 bits per heavy atom. The molecular formula is C13H14N2O3. The number of carbonyl (C=O) groups is 2. The van der Waals surface area contributed by atoms with Crippen molar-refractivity contribution < 1.29 is 14.7 Å². The second-order valence-corrected chi connectivity index (χ2v) is 3.64. The molecule has 0 unspecified atom stereocenters. The van der Waals surface area contributed by atoms with Crippen molar-refractivity contribution in [1.29, 1.82) is 0 Å². The predicted molar refractivity (Wildman–Crippen MR) is 66.7 cm³/mol. The van der Waals surface area contributed by atoms with Crippen LogP contribution in [0.25, 0.3) is 0 Å². The minimum Gasteiger partial charge on any atom is -0.384 e. The Kier molecular flexibility index (Phi) is 4.90. The Labute approximate surface area is 105 Å². The fourth-order valence-corrected chi connectivity index (χ4v) is 1.30. The van der Waals surface area contributed by atoms with Crippen LogP contribution in [-0.4, -0.2) is 30.1 Å². The lowest BCUT2D eigenvalue weighted by Crippen LogP contribution is -2.33. The standard InChI is InChI=1S/C13H14N2O3/c1-9-4-5-11(7-10(9)3-2-6-16)13(18)15-8-12(14)17/h4-5,7,16H,6,8H2,1H3,(H2,14,17)(H,15,18). The molecule has 1 rings (SSSR count). The van der Waals surface area contributed by atoms with E-state index in [4.69, 9.17) is 10.8 Å². The maximum atomic E-state index is 11.7. The highest BCUT2D eigenvalue weighted by Gasteiger charge is 2.07. The van der Waals surface area contributed by atoms with Gasteiger partial charge in [0.25, 0.3) is 5.91 Å². The zero-order valence-electron chi connectivity index (χ0n) is 9.99. The van der Waals surface area contributed by atoms with E-state index in [1.54, 1.807) is 18.2 Å². The Balaban J connectivity index is 2.90. The van der Waals surface area contributed by atoms with Crippen LogP contribution in [0, 0.1) is 18.8 Å². The summed E-state index contributed by atoms with van der Waals surface area (Å²) < 4.78 is 0. The van der Waals surface area contributed by atoms with Crippen molar-refractivity contribution in [3.8, 4) is 11.8 Å². The van der Waals surface area contributed by atoms with E-state index >= 15 is 0 Å². The Morgan fingerprint density at radius 1 is 1.44 bits per heavy atom. The van der Waals surface area contributed by atoms with Crippen molar-refractivity contribution in [3.05, 3.63) is 34.9 Å². The van der Waals surface area contributed by atoms with Crippen LogP contribution in [0.15, 0.2) is 18.2 Å². The third-order valence-corrected chi connectivity index (χ3v) is 2.23. The molecule has 0 fully saturated rings. The highest BCUT2D eigenvalue weighted by molar-refractivity contribution is 5.96. The molecule has 18 heavy (non-hydrogen) atoms. The van der Waals surface area contributed by atoms with Crippen LogP contribution in [0.5, 0.6) is 0 Å². The number of rotatable bonds is 3. The van der Waals surface area contributed by atoms with Crippen molar-refractivity contribution >= 4 is 11.8 Å². The van der Waals surface area contributed by atoms with E-state index in [1.807, 2.05) is 6.92 Å². The number of hydrogen-bond donors (Lipinski definition) is 3. The third-order valence-electron chi connectivity index (χ3n) is 2.23. The third kappa shape index (κ3) is 3.92. The molecule has 1 aromatic rings. The fraction of sp³-hybridized carbons (Fsp3) is 0.231. The number of amides is 2. The number of nitrogens with two attached hydrogens (primary N) is 1. The van der Waals surface area contributed by atoms with Gasteiger partial charge in [0.05, 0.1) is 6.54 Å². The summed E-state index contributed by atoms with van der Waals surface area (Å²) >= 11 is 0. The molecule has 94 valence electrons. The smallest absolute Gasteiger partial charge is 0.251 e. The molecule has 5 heteroatoms. The van der Waals surface area contributed by atoms with Gasteiger partial charge in [0.15, 0.2) is 0 Å². The van der Waals surface area contributed by atoms with Crippen LogP contribution in [0.3, 0.4) is 0 Å². The van der Waals surface area contributed by atoms with E-state index in [2.05, 4.69) is 17.2 Å². The lowest BCUT2D eigenvalue weighted by molar-refractivity contribution is -0.117. The Bertz CT molecular complexity index is 527. The summed E-state index contributed by atoms with van der Waals surface area (Å²) in [7, 11) is 0. The molecule has 0 spiro atoms. The average molecular weight is 246 g/mol. The summed E-state index contributed by atoms with van der Waals surface area (Å²) in [5.74, 6) is 4.28. The number of aliphatic hydroxyl groups excluding tert-OH is 1. The van der Waals surface area contributed by atoms with Crippen LogP contribution in [0.4, 0.5) is 0 Å². The van der Waals surface area contributed by atoms with Gasteiger partial charge in [-0.1, -0.05) is 17.9 Å². The molecule has 5 nitrogen and oxygen atoms in total. The lowest BCUT2D eigenvalue weighted by atomic mass is 10.0. The first kappa shape index (κ1) is 13.7. The van der Waals surface area contributed by atoms with E-state index in [-0.39, 0.29) is 19.1 Å². The number of hydrogen-bond acceptors (Lipinski definition) is 3. The predicted octanol–water partition coefficient (Wildman–Crippen LogP) is -0.446. The molecular weight excluding hydrogens is 232 g/mol. The fourth-order valence-electron chi connectivity index (χ4n) is 1.30. The molecule has 4 N–H and O–H groups in total. The van der Waals surface area contributed by atoms with E-state index in [0.29, 0.717) is 11.1 Å². The summed E-state index contributed by atoms with van der Waals surface area (Å²) in [4.78, 5) is 22.2. The molecule has 1 aromatic carbocycles. The summed E-state index contributed by atoms with van der Waals surface area (Å²) in [6, 6.07) is 4.99. The van der Waals surface area contributed by atoms with E-state index in [9.17, 15) is 9.59 Å². The molecule has 0 aliphatic rings. The van der Waals surface area contributed by atoms with Crippen molar-refractivity contribution in [3.63, 3.8) is 0 Å². The minimum absolute atomic E-state index is 0.204. The normalized spacial score (nSPS) is 9.22. The number of aliphatic hydroxyl groups is 1. The van der Waals surface area contributed by atoms with Crippen molar-refractivity contribution in [1.82, 2.24) is 5.32 Å². The van der Waals surface area contributed by atoms with Gasteiger partial charge in [0.2, 0.25) is 5.91 Å². The second-order valence-electron chi connectivity index (χ2n) is 3.64. The molecule has 2 amide bonds. The van der Waals surface area contributed by atoms with Gasteiger partial charge >= 0.3 is 0 Å². The molecule has 0 radical (unpaired) electrons. The maximum absolute atomic E-state index is 11.7. The molecule has 0 atom stereocenters. The number of benzene rings is 1. The zero-order chi connectivity index (χ0) is 13.5. The van der Waals surface area contributed by atoms with Gasteiger partial charge in [-0.15, -0.1) is 0 Å². The first-order valence-electron chi connectivity index (χ1n) is 5.31. The van der Waals surface area contributed by atoms with Gasteiger partial charge < -0.3 is 16.2 Å². The Morgan fingerprint density at radius 2 is 2.17 bits per heavy atom. The molecule has 0 heterocycles. The van der Waals surface area contributed by atoms with Crippen LogP contribution in [0.2, 0.25) is 0 Å². The molecule has 0 aliphatic heterocycles. The van der Waals surface area contributed by atoms with Crippen LogP contribution in [0.1, 0.15) is 21.5 Å². The minimum atomic E-state index is -0.601. The summed E-state index contributed by atoms with van der Waals surface area (Å²) in [6.07, 6.45) is 0. The van der Waals surface area contributed by atoms with Gasteiger partial charge in [-0.3, -0.25) is 9.59 Å². The zero-order valence-corrected chi connectivity index (χ0v) is 9.99. The number of primary amides is 1. The van der Waals surface area contributed by atoms with E-state index < -0.39 is 5.91 Å². The molecule has 0 aromatic heterocycles. The van der Waals surface area contributed by atoms with Crippen LogP contribution >= 0.6 is 0 Å². The maximum Gasteiger partial charge on any atom is 0.251 e. The average Bonchev–Trinajstić information content (AvgIpc) is 2.35. The molecule has 0 aliphatic carbocycles. The number of nitrogens with one attached hydrogen (secondary N) is 1. The molecule has 0 saturated heterocycles. The highest BCUT2D eigenvalue weighted by atomic mass is 16.2. The molecule has 0 bridgehead atoms. The van der Waals surface area contributed by atoms with Crippen molar-refractivity contribution in [2.45, 2.75) is 6.92 Å². The first-order valence-corrected chi connectivity index (χ1v) is 5.31. The number of aryl methyl sites for hydroxylation is 1. The van der Waals surface area contributed by atoms with E-state index in [0.717, 1.165) is 5.56 Å². The van der Waals surface area contributed by atoms with Crippen LogP contribution in [-0.2, 0) is 4.79 Å². The highest BCUT2D eigenvalue weighted by Crippen LogP contribution is 2.10. The quantitative estimate of drug-likeness (QED) is 0.631. The van der Waals surface area contributed by atoms with Gasteiger partial charge in [-0.05, 0) is 24.6 Å². The van der Waals surface area contributed by atoms with Gasteiger partial charge in [-0.2, -0.15) is 0 Å². The van der Waals surface area contributed by atoms with Gasteiger partial charge in [0, 0.05) is 11.1 Å². The molecule has 0 saturated carbocycles. The van der Waals surface area contributed by atoms with Crippen LogP contribution < -0.4 is 11.1 Å². The second kappa shape index (κ2) is 6.42. The van der Waals surface area contributed by atoms with Gasteiger partial charge in [-0.25, -0.2) is 0 Å². The monoisotopic (exact) mass is 246 g/mol. The van der Waals surface area contributed by atoms with Crippen molar-refractivity contribution in [2.24, 2.45) is 5.73 Å². The first-order chi connectivity index (χ1) is 8.54. The lowest BCUT2D eigenvalue weighted by Gasteiger charge is -2.05. The Hall–Kier alpha value is -2.32. The number of carbonyl (C=O) groups excluding carboxylic acids is 2. The largest absolute Gasteiger partial charge is 0.384 e. The topological polar surface area (TPSA) is 92.4 Å². The summed E-state index contributed by atoms with van der Waals surface area (Å²) in [5, 5.41) is 11.0.